The molecule has 1 aliphatic heterocycles. The largest absolute Gasteiger partial charge is 0.367 e. The van der Waals surface area contributed by atoms with Crippen LogP contribution < -0.4 is 15.5 Å². The van der Waals surface area contributed by atoms with Crippen molar-refractivity contribution in [2.75, 3.05) is 48.0 Å². The first-order valence-corrected chi connectivity index (χ1v) is 13.9. The molecule has 1 aromatic carbocycles. The molecule has 2 fully saturated rings. The molecule has 3 aromatic rings. The van der Waals surface area contributed by atoms with Crippen LogP contribution in [0, 0.1) is 5.82 Å². The van der Waals surface area contributed by atoms with Crippen molar-refractivity contribution < 1.29 is 12.8 Å². The fraction of sp³-hybridized carbons (Fsp3) is 0.455. The van der Waals surface area contributed by atoms with Crippen LogP contribution in [-0.4, -0.2) is 61.2 Å². The molecule has 0 bridgehead atoms. The molecular formula is C22H27FN6O2S2. The van der Waals surface area contributed by atoms with Crippen molar-refractivity contribution in [2.45, 2.75) is 31.7 Å². The Morgan fingerprint density at radius 2 is 1.85 bits per heavy atom. The molecule has 2 aliphatic rings. The third-order valence-corrected chi connectivity index (χ3v) is 8.47. The standard InChI is InChI=1S/C22H27FN6O2S2/c1-33(30,31)29-11-9-28(10-12-29)19-7-6-16(14-17(19)23)25-22-26-18-8-13-32-20(18)21(27-22)24-15-4-2-3-5-15/h6-8,13-15H,2-5,9-12H2,1H3,(H2,24,25,26,27). The number of hydrogen-bond acceptors (Lipinski definition) is 8. The monoisotopic (exact) mass is 490 g/mol. The summed E-state index contributed by atoms with van der Waals surface area (Å²) in [6, 6.07) is 7.34. The van der Waals surface area contributed by atoms with E-state index >= 15 is 0 Å². The van der Waals surface area contributed by atoms with Gasteiger partial charge in [0.25, 0.3) is 0 Å². The fourth-order valence-corrected chi connectivity index (χ4v) is 6.12. The number of rotatable bonds is 6. The van der Waals surface area contributed by atoms with E-state index in [4.69, 9.17) is 0 Å². The average molecular weight is 491 g/mol. The second-order valence-electron chi connectivity index (χ2n) is 8.60. The highest BCUT2D eigenvalue weighted by Gasteiger charge is 2.25. The first kappa shape index (κ1) is 22.3. The van der Waals surface area contributed by atoms with Crippen LogP contribution in [0.2, 0.25) is 0 Å². The van der Waals surface area contributed by atoms with Gasteiger partial charge in [0, 0.05) is 37.9 Å². The molecule has 1 saturated carbocycles. The number of aromatic nitrogens is 2. The molecule has 2 aromatic heterocycles. The molecule has 0 radical (unpaired) electrons. The Labute approximate surface area is 196 Å². The van der Waals surface area contributed by atoms with E-state index in [-0.39, 0.29) is 5.82 Å². The summed E-state index contributed by atoms with van der Waals surface area (Å²) in [7, 11) is -3.22. The lowest BCUT2D eigenvalue weighted by molar-refractivity contribution is 0.386. The van der Waals surface area contributed by atoms with Crippen LogP contribution in [0.4, 0.5) is 27.5 Å². The number of benzene rings is 1. The fourth-order valence-electron chi connectivity index (χ4n) is 4.51. The van der Waals surface area contributed by atoms with Gasteiger partial charge < -0.3 is 15.5 Å². The van der Waals surface area contributed by atoms with Crippen molar-refractivity contribution in [1.82, 2.24) is 14.3 Å². The third kappa shape index (κ3) is 4.90. The Hall–Kier alpha value is -2.50. The highest BCUT2D eigenvalue weighted by Crippen LogP contribution is 2.32. The van der Waals surface area contributed by atoms with Crippen molar-refractivity contribution in [3.63, 3.8) is 0 Å². The molecule has 5 rings (SSSR count). The molecule has 1 saturated heterocycles. The number of piperazine rings is 1. The van der Waals surface area contributed by atoms with E-state index in [0.29, 0.717) is 49.5 Å². The lowest BCUT2D eigenvalue weighted by Crippen LogP contribution is -2.48. The van der Waals surface area contributed by atoms with Crippen LogP contribution >= 0.6 is 11.3 Å². The number of halogens is 1. The number of fused-ring (bicyclic) bond motifs is 1. The first-order valence-electron chi connectivity index (χ1n) is 11.2. The summed E-state index contributed by atoms with van der Waals surface area (Å²) in [5.41, 5.74) is 1.89. The summed E-state index contributed by atoms with van der Waals surface area (Å²) in [5.74, 6) is 0.884. The Morgan fingerprint density at radius 3 is 2.55 bits per heavy atom. The van der Waals surface area contributed by atoms with Gasteiger partial charge in [-0.05, 0) is 42.5 Å². The highest BCUT2D eigenvalue weighted by atomic mass is 32.2. The maximum atomic E-state index is 15.0. The van der Waals surface area contributed by atoms with Gasteiger partial charge in [-0.1, -0.05) is 12.8 Å². The maximum absolute atomic E-state index is 15.0. The van der Waals surface area contributed by atoms with E-state index in [1.807, 2.05) is 16.3 Å². The minimum absolute atomic E-state index is 0.351. The average Bonchev–Trinajstić information content (AvgIpc) is 3.45. The van der Waals surface area contributed by atoms with Gasteiger partial charge in [0.15, 0.2) is 0 Å². The van der Waals surface area contributed by atoms with E-state index in [9.17, 15) is 12.8 Å². The summed E-state index contributed by atoms with van der Waals surface area (Å²) in [4.78, 5) is 11.2. The zero-order valence-corrected chi connectivity index (χ0v) is 20.1. The lowest BCUT2D eigenvalue weighted by atomic mass is 10.2. The Kier molecular flexibility index (Phi) is 6.11. The number of thiophene rings is 1. The van der Waals surface area contributed by atoms with Gasteiger partial charge in [0.05, 0.1) is 22.2 Å². The number of sulfonamides is 1. The van der Waals surface area contributed by atoms with E-state index in [1.165, 1.54) is 29.5 Å². The third-order valence-electron chi connectivity index (χ3n) is 6.25. The normalized spacial score (nSPS) is 18.2. The quantitative estimate of drug-likeness (QED) is 0.540. The minimum atomic E-state index is -3.22. The van der Waals surface area contributed by atoms with Crippen molar-refractivity contribution in [3.8, 4) is 0 Å². The highest BCUT2D eigenvalue weighted by molar-refractivity contribution is 7.88. The number of hydrogen-bond donors (Lipinski definition) is 2. The summed E-state index contributed by atoms with van der Waals surface area (Å²) in [5, 5.41) is 8.71. The molecule has 0 unspecified atom stereocenters. The maximum Gasteiger partial charge on any atom is 0.229 e. The predicted octanol–water partition coefficient (Wildman–Crippen LogP) is 4.01. The van der Waals surface area contributed by atoms with E-state index in [2.05, 4.69) is 20.6 Å². The molecule has 0 amide bonds. The summed E-state index contributed by atoms with van der Waals surface area (Å²) < 4.78 is 40.8. The van der Waals surface area contributed by atoms with Crippen LogP contribution in [0.1, 0.15) is 25.7 Å². The molecule has 11 heteroatoms. The molecule has 2 N–H and O–H groups in total. The molecule has 8 nitrogen and oxygen atoms in total. The van der Waals surface area contributed by atoms with Gasteiger partial charge in [-0.15, -0.1) is 11.3 Å². The summed E-state index contributed by atoms with van der Waals surface area (Å²) >= 11 is 1.61. The van der Waals surface area contributed by atoms with Crippen molar-refractivity contribution in [2.24, 2.45) is 0 Å². The number of nitrogens with zero attached hydrogens (tertiary/aromatic N) is 4. The van der Waals surface area contributed by atoms with Crippen LogP contribution in [0.15, 0.2) is 29.6 Å². The van der Waals surface area contributed by atoms with Crippen molar-refractivity contribution >= 4 is 54.7 Å². The second-order valence-corrected chi connectivity index (χ2v) is 11.5. The molecule has 33 heavy (non-hydrogen) atoms. The predicted molar refractivity (Wildman–Crippen MR) is 132 cm³/mol. The zero-order chi connectivity index (χ0) is 23.0. The van der Waals surface area contributed by atoms with E-state index in [0.717, 1.165) is 28.9 Å². The van der Waals surface area contributed by atoms with E-state index in [1.54, 1.807) is 23.5 Å². The lowest BCUT2D eigenvalue weighted by Gasteiger charge is -2.34. The first-order chi connectivity index (χ1) is 15.9. The van der Waals surface area contributed by atoms with Crippen LogP contribution in [0.5, 0.6) is 0 Å². The summed E-state index contributed by atoms with van der Waals surface area (Å²) in [6.07, 6.45) is 5.95. The SMILES string of the molecule is CS(=O)(=O)N1CCN(c2ccc(Nc3nc(NC4CCCC4)c4sccc4n3)cc2F)CC1. The summed E-state index contributed by atoms with van der Waals surface area (Å²) in [6.45, 7) is 1.60. The van der Waals surface area contributed by atoms with Gasteiger partial charge >= 0.3 is 0 Å². The van der Waals surface area contributed by atoms with E-state index < -0.39 is 10.0 Å². The topological polar surface area (TPSA) is 90.5 Å². The Morgan fingerprint density at radius 1 is 1.09 bits per heavy atom. The van der Waals surface area contributed by atoms with Gasteiger partial charge in [-0.25, -0.2) is 17.8 Å². The van der Waals surface area contributed by atoms with Crippen LogP contribution in [0.3, 0.4) is 0 Å². The van der Waals surface area contributed by atoms with Gasteiger partial charge in [-0.3, -0.25) is 0 Å². The molecule has 1 aliphatic carbocycles. The van der Waals surface area contributed by atoms with Gasteiger partial charge in [-0.2, -0.15) is 9.29 Å². The Bertz CT molecular complexity index is 1250. The van der Waals surface area contributed by atoms with Crippen LogP contribution in [0.25, 0.3) is 10.2 Å². The van der Waals surface area contributed by atoms with Crippen LogP contribution in [-0.2, 0) is 10.0 Å². The van der Waals surface area contributed by atoms with Gasteiger partial charge in [0.2, 0.25) is 16.0 Å². The van der Waals surface area contributed by atoms with Crippen molar-refractivity contribution in [3.05, 3.63) is 35.5 Å². The molecular weight excluding hydrogens is 463 g/mol. The Balaban J connectivity index is 1.32. The van der Waals surface area contributed by atoms with Gasteiger partial charge in [0.1, 0.15) is 11.6 Å². The second kappa shape index (κ2) is 9.03. The molecule has 3 heterocycles. The zero-order valence-electron chi connectivity index (χ0n) is 18.4. The smallest absolute Gasteiger partial charge is 0.229 e. The van der Waals surface area contributed by atoms with Crippen molar-refractivity contribution in [1.29, 1.82) is 0 Å². The minimum Gasteiger partial charge on any atom is -0.367 e. The molecule has 176 valence electrons. The number of anilines is 4. The molecule has 0 spiro atoms. The number of nitrogens with one attached hydrogen (secondary N) is 2. The molecule has 0 atom stereocenters.